The molecule has 128 valence electrons. The molecule has 2 aromatic rings. The van der Waals surface area contributed by atoms with Gasteiger partial charge in [0, 0.05) is 17.2 Å². The molecule has 0 radical (unpaired) electrons. The van der Waals surface area contributed by atoms with Gasteiger partial charge in [-0.15, -0.1) is 0 Å². The molecular formula is C17H21N3O4. The fourth-order valence-electron chi connectivity index (χ4n) is 1.92. The van der Waals surface area contributed by atoms with E-state index in [0.717, 1.165) is 0 Å². The van der Waals surface area contributed by atoms with Crippen molar-refractivity contribution >= 4 is 11.8 Å². The molecule has 0 saturated carbocycles. The number of nitrogens with zero attached hydrogens (tertiary/aromatic N) is 1. The maximum Gasteiger partial charge on any atom is 0.273 e. The number of benzene rings is 1. The molecule has 0 aliphatic rings. The van der Waals surface area contributed by atoms with Gasteiger partial charge < -0.3 is 19.9 Å². The van der Waals surface area contributed by atoms with Crippen LogP contribution in [0, 0.1) is 0 Å². The standard InChI is InChI=1S/C17H21N3O4/c1-17(2,3)19-16(22)14-9-13(24-20-14)10-18-15(21)11-5-7-12(23-4)8-6-11/h5-9H,10H2,1-4H3,(H,18,21)(H,19,22). The van der Waals surface area contributed by atoms with Crippen molar-refractivity contribution < 1.29 is 18.8 Å². The van der Waals surface area contributed by atoms with Crippen molar-refractivity contribution in [2.45, 2.75) is 32.9 Å². The average Bonchev–Trinajstić information content (AvgIpc) is 3.00. The second kappa shape index (κ2) is 7.16. The lowest BCUT2D eigenvalue weighted by molar-refractivity contribution is 0.0907. The normalized spacial score (nSPS) is 11.0. The summed E-state index contributed by atoms with van der Waals surface area (Å²) in [5.74, 6) is 0.501. The van der Waals surface area contributed by atoms with E-state index >= 15 is 0 Å². The summed E-state index contributed by atoms with van der Waals surface area (Å²) in [6, 6.07) is 8.25. The predicted octanol–water partition coefficient (Wildman–Crippen LogP) is 2.14. The Bertz CT molecular complexity index is 714. The summed E-state index contributed by atoms with van der Waals surface area (Å²) in [5.41, 5.74) is 0.318. The number of carbonyl (C=O) groups is 2. The van der Waals surface area contributed by atoms with Crippen molar-refractivity contribution in [3.8, 4) is 5.75 Å². The Labute approximate surface area is 140 Å². The van der Waals surface area contributed by atoms with Crippen LogP contribution in [0.2, 0.25) is 0 Å². The molecule has 1 aromatic heterocycles. The summed E-state index contributed by atoms with van der Waals surface area (Å²) in [7, 11) is 1.56. The average molecular weight is 331 g/mol. The number of aromatic nitrogens is 1. The van der Waals surface area contributed by atoms with Crippen molar-refractivity contribution in [3.63, 3.8) is 0 Å². The highest BCUT2D eigenvalue weighted by Crippen LogP contribution is 2.11. The number of amides is 2. The Morgan fingerprint density at radius 1 is 1.17 bits per heavy atom. The molecule has 0 saturated heterocycles. The van der Waals surface area contributed by atoms with Crippen LogP contribution in [0.15, 0.2) is 34.9 Å². The second-order valence-electron chi connectivity index (χ2n) is 6.29. The van der Waals surface area contributed by atoms with Crippen LogP contribution in [0.4, 0.5) is 0 Å². The summed E-state index contributed by atoms with van der Waals surface area (Å²) in [4.78, 5) is 24.0. The van der Waals surface area contributed by atoms with Gasteiger partial charge in [0.05, 0.1) is 13.7 Å². The molecule has 0 atom stereocenters. The molecule has 1 heterocycles. The fourth-order valence-corrected chi connectivity index (χ4v) is 1.92. The number of carbonyl (C=O) groups excluding carboxylic acids is 2. The molecule has 7 heteroatoms. The first-order valence-corrected chi connectivity index (χ1v) is 7.49. The molecule has 2 N–H and O–H groups in total. The quantitative estimate of drug-likeness (QED) is 0.875. The molecule has 2 rings (SSSR count). The van der Waals surface area contributed by atoms with Crippen LogP contribution in [-0.4, -0.2) is 29.6 Å². The van der Waals surface area contributed by atoms with Crippen molar-refractivity contribution in [2.24, 2.45) is 0 Å². The molecule has 24 heavy (non-hydrogen) atoms. The SMILES string of the molecule is COc1ccc(C(=O)NCc2cc(C(=O)NC(C)(C)C)no2)cc1. The monoisotopic (exact) mass is 331 g/mol. The van der Waals surface area contributed by atoms with E-state index in [0.29, 0.717) is 17.1 Å². The fraction of sp³-hybridized carbons (Fsp3) is 0.353. The van der Waals surface area contributed by atoms with Crippen LogP contribution in [-0.2, 0) is 6.54 Å². The molecule has 0 bridgehead atoms. The molecule has 0 fully saturated rings. The van der Waals surface area contributed by atoms with Crippen LogP contribution in [0.3, 0.4) is 0 Å². The lowest BCUT2D eigenvalue weighted by Crippen LogP contribution is -2.40. The van der Waals surface area contributed by atoms with Crippen molar-refractivity contribution in [2.75, 3.05) is 7.11 Å². The summed E-state index contributed by atoms with van der Waals surface area (Å²) >= 11 is 0. The minimum atomic E-state index is -0.362. The van der Waals surface area contributed by atoms with E-state index in [9.17, 15) is 9.59 Å². The first-order chi connectivity index (χ1) is 11.3. The van der Waals surface area contributed by atoms with E-state index in [-0.39, 0.29) is 29.6 Å². The van der Waals surface area contributed by atoms with Gasteiger partial charge in [0.2, 0.25) is 0 Å². The molecule has 0 aliphatic heterocycles. The molecule has 0 aliphatic carbocycles. The largest absolute Gasteiger partial charge is 0.497 e. The van der Waals surface area contributed by atoms with Gasteiger partial charge in [0.25, 0.3) is 11.8 Å². The Balaban J connectivity index is 1.92. The summed E-state index contributed by atoms with van der Waals surface area (Å²) in [5, 5.41) is 9.22. The number of hydrogen-bond donors (Lipinski definition) is 2. The first kappa shape index (κ1) is 17.5. The maximum absolute atomic E-state index is 12.1. The summed E-state index contributed by atoms with van der Waals surface area (Å²) < 4.78 is 10.1. The smallest absolute Gasteiger partial charge is 0.273 e. The number of ether oxygens (including phenoxy) is 1. The number of nitrogens with one attached hydrogen (secondary N) is 2. The molecule has 2 amide bonds. The Hall–Kier alpha value is -2.83. The van der Waals surface area contributed by atoms with Crippen molar-refractivity contribution in [1.29, 1.82) is 0 Å². The van der Waals surface area contributed by atoms with E-state index in [2.05, 4.69) is 15.8 Å². The van der Waals surface area contributed by atoms with E-state index in [4.69, 9.17) is 9.26 Å². The Morgan fingerprint density at radius 2 is 1.83 bits per heavy atom. The van der Waals surface area contributed by atoms with Crippen molar-refractivity contribution in [3.05, 3.63) is 47.3 Å². The van der Waals surface area contributed by atoms with E-state index in [1.807, 2.05) is 20.8 Å². The third-order valence-electron chi connectivity index (χ3n) is 3.06. The highest BCUT2D eigenvalue weighted by molar-refractivity contribution is 5.94. The van der Waals surface area contributed by atoms with E-state index in [1.54, 1.807) is 31.4 Å². The highest BCUT2D eigenvalue weighted by Gasteiger charge is 2.19. The summed E-state index contributed by atoms with van der Waals surface area (Å²) in [6.45, 7) is 5.77. The van der Waals surface area contributed by atoms with Gasteiger partial charge in [-0.1, -0.05) is 5.16 Å². The van der Waals surface area contributed by atoms with Gasteiger partial charge in [-0.25, -0.2) is 0 Å². The molecule has 1 aromatic carbocycles. The van der Waals surface area contributed by atoms with Gasteiger partial charge in [0.15, 0.2) is 11.5 Å². The molecule has 0 unspecified atom stereocenters. The van der Waals surface area contributed by atoms with Crippen LogP contribution in [0.25, 0.3) is 0 Å². The molecular weight excluding hydrogens is 310 g/mol. The van der Waals surface area contributed by atoms with E-state index < -0.39 is 0 Å². The van der Waals surface area contributed by atoms with Crippen molar-refractivity contribution in [1.82, 2.24) is 15.8 Å². The highest BCUT2D eigenvalue weighted by atomic mass is 16.5. The zero-order valence-corrected chi connectivity index (χ0v) is 14.2. The molecule has 7 nitrogen and oxygen atoms in total. The number of methoxy groups -OCH3 is 1. The topological polar surface area (TPSA) is 93.5 Å². The van der Waals surface area contributed by atoms with Crippen LogP contribution in [0.5, 0.6) is 5.75 Å². The van der Waals surface area contributed by atoms with Crippen LogP contribution >= 0.6 is 0 Å². The first-order valence-electron chi connectivity index (χ1n) is 7.49. The van der Waals surface area contributed by atoms with Crippen LogP contribution in [0.1, 0.15) is 47.4 Å². The third kappa shape index (κ3) is 4.84. The van der Waals surface area contributed by atoms with Gasteiger partial charge in [-0.3, -0.25) is 9.59 Å². The van der Waals surface area contributed by atoms with E-state index in [1.165, 1.54) is 6.07 Å². The summed E-state index contributed by atoms with van der Waals surface area (Å²) in [6.07, 6.45) is 0. The van der Waals surface area contributed by atoms with Gasteiger partial charge in [0.1, 0.15) is 5.75 Å². The minimum Gasteiger partial charge on any atom is -0.497 e. The Kier molecular flexibility index (Phi) is 5.23. The Morgan fingerprint density at radius 3 is 2.42 bits per heavy atom. The maximum atomic E-state index is 12.1. The minimum absolute atomic E-state index is 0.140. The van der Waals surface area contributed by atoms with Gasteiger partial charge >= 0.3 is 0 Å². The lowest BCUT2D eigenvalue weighted by Gasteiger charge is -2.19. The van der Waals surface area contributed by atoms with Gasteiger partial charge in [-0.2, -0.15) is 0 Å². The third-order valence-corrected chi connectivity index (χ3v) is 3.06. The van der Waals surface area contributed by atoms with Crippen LogP contribution < -0.4 is 15.4 Å². The zero-order chi connectivity index (χ0) is 17.7. The zero-order valence-electron chi connectivity index (χ0n) is 14.2. The second-order valence-corrected chi connectivity index (χ2v) is 6.29. The molecule has 0 spiro atoms. The lowest BCUT2D eigenvalue weighted by atomic mass is 10.1. The number of rotatable bonds is 5. The van der Waals surface area contributed by atoms with Gasteiger partial charge in [-0.05, 0) is 45.0 Å². The number of hydrogen-bond acceptors (Lipinski definition) is 5. The predicted molar refractivity (Wildman–Crippen MR) is 87.9 cm³/mol.